The zero-order valence-electron chi connectivity index (χ0n) is 21.1. The van der Waals surface area contributed by atoms with Gasteiger partial charge in [-0.25, -0.2) is 4.98 Å². The summed E-state index contributed by atoms with van der Waals surface area (Å²) >= 11 is 0. The lowest BCUT2D eigenvalue weighted by molar-refractivity contribution is -0.124. The van der Waals surface area contributed by atoms with E-state index >= 15 is 0 Å². The first-order valence-electron chi connectivity index (χ1n) is 12.2. The fraction of sp³-hybridized carbons (Fsp3) is 0.379. The molecule has 182 valence electrons. The van der Waals surface area contributed by atoms with Crippen LogP contribution in [0, 0.1) is 12.3 Å². The minimum absolute atomic E-state index is 0.0570. The zero-order chi connectivity index (χ0) is 25.0. The van der Waals surface area contributed by atoms with Crippen LogP contribution in [0.1, 0.15) is 50.6 Å². The molecule has 6 nitrogen and oxygen atoms in total. The molecule has 0 aliphatic carbocycles. The third kappa shape index (κ3) is 5.93. The van der Waals surface area contributed by atoms with Gasteiger partial charge in [0, 0.05) is 49.2 Å². The first-order valence-corrected chi connectivity index (χ1v) is 12.2. The Morgan fingerprint density at radius 1 is 1.14 bits per heavy atom. The van der Waals surface area contributed by atoms with Crippen molar-refractivity contribution in [2.45, 2.75) is 51.9 Å². The van der Waals surface area contributed by atoms with Crippen LogP contribution < -0.4 is 10.2 Å². The highest BCUT2D eigenvalue weighted by Gasteiger charge is 2.34. The molecule has 4 rings (SSSR count). The molecule has 1 fully saturated rings. The molecule has 2 unspecified atom stereocenters. The predicted octanol–water partition coefficient (Wildman–Crippen LogP) is 4.08. The van der Waals surface area contributed by atoms with Gasteiger partial charge >= 0.3 is 0 Å². The van der Waals surface area contributed by atoms with Crippen molar-refractivity contribution < 1.29 is 4.79 Å². The van der Waals surface area contributed by atoms with Gasteiger partial charge in [0.05, 0.1) is 18.1 Å². The number of benzene rings is 2. The summed E-state index contributed by atoms with van der Waals surface area (Å²) in [5, 5.41) is 3.19. The van der Waals surface area contributed by atoms with Crippen molar-refractivity contribution in [1.82, 2.24) is 19.8 Å². The maximum atomic E-state index is 13.3. The molecule has 0 spiro atoms. The van der Waals surface area contributed by atoms with E-state index in [1.54, 1.807) is 0 Å². The molecule has 0 bridgehead atoms. The van der Waals surface area contributed by atoms with Gasteiger partial charge in [-0.1, -0.05) is 36.3 Å². The topological polar surface area (TPSA) is 53.4 Å². The smallest absolute Gasteiger partial charge is 0.244 e. The van der Waals surface area contributed by atoms with Crippen molar-refractivity contribution in [3.63, 3.8) is 0 Å². The standard InChI is InChI=1S/C29H35N5O/c1-6-23-12-14-24(15-13-23)22(2)34-21-30-18-26(34)19-32-16-17-33(25-10-8-7-9-11-25)27(20-32)28(35)31-29(3,4)5/h1,7-15,18,21-22,27H,16-17,19-20H2,2-5H3,(H,31,35). The summed E-state index contributed by atoms with van der Waals surface area (Å²) in [4.78, 5) is 22.4. The number of amides is 1. The highest BCUT2D eigenvalue weighted by molar-refractivity contribution is 5.86. The normalized spacial score (nSPS) is 17.6. The Balaban J connectivity index is 1.52. The number of anilines is 1. The molecule has 1 saturated heterocycles. The van der Waals surface area contributed by atoms with Crippen molar-refractivity contribution in [2.75, 3.05) is 24.5 Å². The van der Waals surface area contributed by atoms with Gasteiger partial charge in [-0.3, -0.25) is 9.69 Å². The Kier molecular flexibility index (Phi) is 7.28. The SMILES string of the molecule is C#Cc1ccc(C(C)n2cncc2CN2CCN(c3ccccc3)C(C(=O)NC(C)(C)C)C2)cc1. The van der Waals surface area contributed by atoms with Crippen LogP contribution in [0.5, 0.6) is 0 Å². The average Bonchev–Trinajstić information content (AvgIpc) is 3.31. The highest BCUT2D eigenvalue weighted by Crippen LogP contribution is 2.24. The molecule has 1 aliphatic rings. The molecule has 1 aromatic heterocycles. The molecule has 0 saturated carbocycles. The fourth-order valence-electron chi connectivity index (χ4n) is 4.64. The molecule has 1 N–H and O–H groups in total. The quantitative estimate of drug-likeness (QED) is 0.553. The van der Waals surface area contributed by atoms with Crippen LogP contribution in [0.4, 0.5) is 5.69 Å². The van der Waals surface area contributed by atoms with Crippen LogP contribution in [-0.4, -0.2) is 51.6 Å². The minimum Gasteiger partial charge on any atom is -0.357 e. The molecular formula is C29H35N5O. The number of aromatic nitrogens is 2. The second kappa shape index (κ2) is 10.4. The average molecular weight is 470 g/mol. The van der Waals surface area contributed by atoms with Crippen molar-refractivity contribution >= 4 is 11.6 Å². The molecule has 1 amide bonds. The first-order chi connectivity index (χ1) is 16.7. The van der Waals surface area contributed by atoms with E-state index in [4.69, 9.17) is 6.42 Å². The van der Waals surface area contributed by atoms with Crippen molar-refractivity contribution in [2.24, 2.45) is 0 Å². The summed E-state index contributed by atoms with van der Waals surface area (Å²) in [6.07, 6.45) is 9.33. The maximum Gasteiger partial charge on any atom is 0.244 e. The van der Waals surface area contributed by atoms with Gasteiger partial charge in [0.2, 0.25) is 5.91 Å². The van der Waals surface area contributed by atoms with Crippen molar-refractivity contribution in [3.8, 4) is 12.3 Å². The largest absolute Gasteiger partial charge is 0.357 e. The Bertz CT molecular complexity index is 1170. The number of carbonyl (C=O) groups excluding carboxylic acids is 1. The number of nitrogens with zero attached hydrogens (tertiary/aromatic N) is 4. The monoisotopic (exact) mass is 469 g/mol. The first kappa shape index (κ1) is 24.6. The Morgan fingerprint density at radius 3 is 2.51 bits per heavy atom. The molecule has 35 heavy (non-hydrogen) atoms. The van der Waals surface area contributed by atoms with E-state index in [1.807, 2.05) is 63.6 Å². The molecule has 2 heterocycles. The van der Waals surface area contributed by atoms with E-state index in [-0.39, 0.29) is 23.5 Å². The lowest BCUT2D eigenvalue weighted by atomic mass is 10.0. The number of para-hydroxylation sites is 1. The number of imidazole rings is 1. The van der Waals surface area contributed by atoms with E-state index in [0.717, 1.165) is 36.6 Å². The van der Waals surface area contributed by atoms with Crippen LogP contribution >= 0.6 is 0 Å². The fourth-order valence-corrected chi connectivity index (χ4v) is 4.64. The van der Waals surface area contributed by atoms with Gasteiger partial charge in [0.25, 0.3) is 0 Å². The van der Waals surface area contributed by atoms with Crippen LogP contribution in [0.15, 0.2) is 67.1 Å². The summed E-state index contributed by atoms with van der Waals surface area (Å²) in [6, 6.07) is 18.2. The molecule has 6 heteroatoms. The summed E-state index contributed by atoms with van der Waals surface area (Å²) in [7, 11) is 0. The minimum atomic E-state index is -0.287. The summed E-state index contributed by atoms with van der Waals surface area (Å²) in [5.74, 6) is 2.73. The summed E-state index contributed by atoms with van der Waals surface area (Å²) < 4.78 is 2.21. The Morgan fingerprint density at radius 2 is 1.86 bits per heavy atom. The van der Waals surface area contributed by atoms with Gasteiger partial charge in [0.1, 0.15) is 6.04 Å². The molecule has 0 radical (unpaired) electrons. The van der Waals surface area contributed by atoms with E-state index in [9.17, 15) is 4.79 Å². The predicted molar refractivity (Wildman–Crippen MR) is 141 cm³/mol. The molecule has 2 aromatic carbocycles. The van der Waals surface area contributed by atoms with Crippen LogP contribution in [-0.2, 0) is 11.3 Å². The third-order valence-corrected chi connectivity index (χ3v) is 6.46. The van der Waals surface area contributed by atoms with Crippen molar-refractivity contribution in [3.05, 3.63) is 83.9 Å². The van der Waals surface area contributed by atoms with Crippen LogP contribution in [0.2, 0.25) is 0 Å². The van der Waals surface area contributed by atoms with Gasteiger partial charge in [-0.05, 0) is 57.5 Å². The maximum absolute atomic E-state index is 13.3. The Labute approximate surface area is 209 Å². The van der Waals surface area contributed by atoms with Gasteiger partial charge in [-0.15, -0.1) is 6.42 Å². The number of terminal acetylenes is 1. The van der Waals surface area contributed by atoms with Crippen molar-refractivity contribution in [1.29, 1.82) is 0 Å². The molecule has 1 aliphatic heterocycles. The third-order valence-electron chi connectivity index (χ3n) is 6.46. The number of hydrogen-bond acceptors (Lipinski definition) is 4. The molecular weight excluding hydrogens is 434 g/mol. The number of carbonyl (C=O) groups is 1. The molecule has 3 aromatic rings. The van der Waals surface area contributed by atoms with Gasteiger partial charge in [0.15, 0.2) is 0 Å². The highest BCUT2D eigenvalue weighted by atomic mass is 16.2. The van der Waals surface area contributed by atoms with Crippen LogP contribution in [0.25, 0.3) is 0 Å². The van der Waals surface area contributed by atoms with Gasteiger partial charge < -0.3 is 14.8 Å². The van der Waals surface area contributed by atoms with E-state index in [0.29, 0.717) is 6.54 Å². The number of piperazine rings is 1. The van der Waals surface area contributed by atoms with E-state index in [1.165, 1.54) is 5.56 Å². The Hall–Kier alpha value is -3.56. The zero-order valence-corrected chi connectivity index (χ0v) is 21.1. The number of rotatable bonds is 6. The second-order valence-corrected chi connectivity index (χ2v) is 10.3. The van der Waals surface area contributed by atoms with E-state index in [2.05, 4.69) is 61.8 Å². The summed E-state index contributed by atoms with van der Waals surface area (Å²) in [5.41, 5.74) is 3.98. The summed E-state index contributed by atoms with van der Waals surface area (Å²) in [6.45, 7) is 11.3. The van der Waals surface area contributed by atoms with E-state index < -0.39 is 0 Å². The number of hydrogen-bond donors (Lipinski definition) is 1. The molecule has 2 atom stereocenters. The number of nitrogens with one attached hydrogen (secondary N) is 1. The van der Waals surface area contributed by atoms with Crippen LogP contribution in [0.3, 0.4) is 0 Å². The lowest BCUT2D eigenvalue weighted by Gasteiger charge is -2.42. The van der Waals surface area contributed by atoms with Gasteiger partial charge in [-0.2, -0.15) is 0 Å². The second-order valence-electron chi connectivity index (χ2n) is 10.3. The lowest BCUT2D eigenvalue weighted by Crippen LogP contribution is -2.61.